The molecule has 3 aromatic heterocycles. The Labute approximate surface area is 243 Å². The fourth-order valence-corrected chi connectivity index (χ4v) is 4.33. The number of H-pyrrole nitrogens is 1. The molecule has 0 amide bonds. The molecule has 0 aliphatic carbocycles. The van der Waals surface area contributed by atoms with Crippen LogP contribution >= 0.6 is 11.6 Å². The minimum atomic E-state index is -4.91. The minimum absolute atomic E-state index is 0.0512. The van der Waals surface area contributed by atoms with Crippen molar-refractivity contribution < 1.29 is 40.6 Å². The van der Waals surface area contributed by atoms with Crippen molar-refractivity contribution in [3.05, 3.63) is 76.0 Å². The number of carbonyl (C=O) groups is 1. The molecular formula is C27H19ClF6N6O3. The third kappa shape index (κ3) is 5.55. The molecule has 43 heavy (non-hydrogen) atoms. The number of hydrogen-bond donors (Lipinski definition) is 2. The number of pyridine rings is 1. The van der Waals surface area contributed by atoms with E-state index in [-0.39, 0.29) is 35.6 Å². The van der Waals surface area contributed by atoms with Gasteiger partial charge in [0.1, 0.15) is 22.2 Å². The van der Waals surface area contributed by atoms with Gasteiger partial charge in [0.25, 0.3) is 0 Å². The summed E-state index contributed by atoms with van der Waals surface area (Å²) in [4.78, 5) is 26.3. The van der Waals surface area contributed by atoms with Gasteiger partial charge in [-0.25, -0.2) is 27.9 Å². The first-order chi connectivity index (χ1) is 20.3. The third-order valence-electron chi connectivity index (χ3n) is 6.24. The Morgan fingerprint density at radius 1 is 1.07 bits per heavy atom. The Kier molecular flexibility index (Phi) is 7.69. The normalized spacial score (nSPS) is 11.7. The molecule has 5 aromatic rings. The van der Waals surface area contributed by atoms with E-state index in [2.05, 4.69) is 30.0 Å². The van der Waals surface area contributed by atoms with Crippen molar-refractivity contribution >= 4 is 40.2 Å². The van der Waals surface area contributed by atoms with Gasteiger partial charge in [-0.3, -0.25) is 4.98 Å². The van der Waals surface area contributed by atoms with E-state index in [1.54, 1.807) is 19.2 Å². The van der Waals surface area contributed by atoms with Crippen molar-refractivity contribution in [2.75, 3.05) is 11.9 Å². The number of nitrogens with zero attached hydrogens (tertiary/aromatic N) is 4. The first-order valence-corrected chi connectivity index (χ1v) is 12.7. The molecule has 0 bridgehead atoms. The molecule has 3 heterocycles. The number of hydrogen-bond acceptors (Lipinski definition) is 7. The number of ether oxygens (including phenoxy) is 2. The number of imidazole rings is 2. The van der Waals surface area contributed by atoms with E-state index >= 15 is 0 Å². The van der Waals surface area contributed by atoms with Crippen LogP contribution < -0.4 is 10.1 Å². The number of fused-ring (bicyclic) bond motifs is 1. The van der Waals surface area contributed by atoms with Gasteiger partial charge >= 0.3 is 12.1 Å². The summed E-state index contributed by atoms with van der Waals surface area (Å²) in [7, 11) is 1.59. The van der Waals surface area contributed by atoms with Gasteiger partial charge in [-0.15, -0.1) is 0 Å². The van der Waals surface area contributed by atoms with Gasteiger partial charge in [-0.2, -0.15) is 13.2 Å². The quantitative estimate of drug-likeness (QED) is 0.0837. The summed E-state index contributed by atoms with van der Waals surface area (Å²) in [6, 6.07) is 7.45. The number of esters is 1. The Hall–Kier alpha value is -4.79. The maximum atomic E-state index is 14.7. The fourth-order valence-electron chi connectivity index (χ4n) is 4.11. The van der Waals surface area contributed by atoms with Crippen LogP contribution in [-0.2, 0) is 18.0 Å². The molecule has 5 rings (SSSR count). The number of nitrogens with one attached hydrogen (secondary N) is 2. The summed E-state index contributed by atoms with van der Waals surface area (Å²) in [5.41, 5.74) is -2.51. The second-order valence-corrected chi connectivity index (χ2v) is 9.41. The lowest BCUT2D eigenvalue weighted by atomic mass is 10.2. The monoisotopic (exact) mass is 624 g/mol. The molecule has 224 valence electrons. The predicted octanol–water partition coefficient (Wildman–Crippen LogP) is 7.47. The van der Waals surface area contributed by atoms with E-state index in [0.717, 1.165) is 6.92 Å². The average Bonchev–Trinajstić information content (AvgIpc) is 3.55. The van der Waals surface area contributed by atoms with E-state index in [1.807, 2.05) is 0 Å². The highest BCUT2D eigenvalue weighted by atomic mass is 35.5. The molecule has 0 radical (unpaired) electrons. The average molecular weight is 625 g/mol. The number of benzene rings is 2. The van der Waals surface area contributed by atoms with Crippen molar-refractivity contribution in [3.8, 4) is 23.0 Å². The lowest BCUT2D eigenvalue weighted by molar-refractivity contribution is -0.141. The van der Waals surface area contributed by atoms with Crippen LogP contribution in [0.25, 0.3) is 22.6 Å². The zero-order valence-corrected chi connectivity index (χ0v) is 23.1. The summed E-state index contributed by atoms with van der Waals surface area (Å²) in [5, 5.41) is 1.82. The van der Waals surface area contributed by atoms with Crippen molar-refractivity contribution in [2.45, 2.75) is 20.0 Å². The molecular weight excluding hydrogens is 606 g/mol. The van der Waals surface area contributed by atoms with E-state index < -0.39 is 57.3 Å². The second-order valence-electron chi connectivity index (χ2n) is 9.03. The second kappa shape index (κ2) is 11.1. The molecule has 16 heteroatoms. The summed E-state index contributed by atoms with van der Waals surface area (Å²) in [5.74, 6) is -5.00. The lowest BCUT2D eigenvalue weighted by Crippen LogP contribution is -2.15. The maximum absolute atomic E-state index is 14.7. The van der Waals surface area contributed by atoms with Crippen molar-refractivity contribution in [3.63, 3.8) is 0 Å². The highest BCUT2D eigenvalue weighted by Gasteiger charge is 2.40. The Balaban J connectivity index is 1.44. The molecule has 2 aromatic carbocycles. The zero-order chi connectivity index (χ0) is 31.2. The molecule has 0 fully saturated rings. The van der Waals surface area contributed by atoms with Crippen molar-refractivity contribution in [1.82, 2.24) is 24.5 Å². The number of halogens is 7. The van der Waals surface area contributed by atoms with Gasteiger partial charge in [0.05, 0.1) is 23.3 Å². The number of carbonyl (C=O) groups excluding carboxylic acids is 1. The van der Waals surface area contributed by atoms with Crippen LogP contribution in [0.2, 0.25) is 5.02 Å². The van der Waals surface area contributed by atoms with Gasteiger partial charge in [0.15, 0.2) is 34.7 Å². The van der Waals surface area contributed by atoms with Crippen LogP contribution in [0.4, 0.5) is 38.0 Å². The topological polar surface area (TPSA) is 107 Å². The van der Waals surface area contributed by atoms with Crippen LogP contribution in [0, 0.1) is 24.4 Å². The summed E-state index contributed by atoms with van der Waals surface area (Å²) >= 11 is 5.85. The first-order valence-electron chi connectivity index (χ1n) is 12.3. The summed E-state index contributed by atoms with van der Waals surface area (Å²) in [6.07, 6.45) is -3.64. The molecule has 0 saturated heterocycles. The van der Waals surface area contributed by atoms with Crippen LogP contribution in [0.3, 0.4) is 0 Å². The third-order valence-corrected chi connectivity index (χ3v) is 6.59. The highest BCUT2D eigenvalue weighted by molar-refractivity contribution is 6.33. The first kappa shape index (κ1) is 29.7. The Morgan fingerprint density at radius 3 is 2.49 bits per heavy atom. The molecule has 0 unspecified atom stereocenters. The molecule has 0 aliphatic rings. The summed E-state index contributed by atoms with van der Waals surface area (Å²) in [6.45, 7) is 2.37. The van der Waals surface area contributed by atoms with E-state index in [9.17, 15) is 31.1 Å². The number of aromatic amines is 1. The van der Waals surface area contributed by atoms with Crippen LogP contribution in [0.1, 0.15) is 28.7 Å². The standard InChI is InChI=1S/C27H19ClF6N6O3/c1-4-42-25(41)22-23(27(32,33)34)39-24(37-22)15-10-13(7-8-35-15)43-12-5-6-16-14(9-12)36-26(40(16)3)38-21-17(28)20(31)18(29)11(2)19(21)30/h5-10H,4H2,1-3H3,(H,36,38)(H,37,39). The van der Waals surface area contributed by atoms with Gasteiger partial charge in [-0.1, -0.05) is 11.6 Å². The van der Waals surface area contributed by atoms with Gasteiger partial charge in [0, 0.05) is 30.9 Å². The smallest absolute Gasteiger partial charge is 0.433 e. The van der Waals surface area contributed by atoms with Crippen molar-refractivity contribution in [1.29, 1.82) is 0 Å². The van der Waals surface area contributed by atoms with Crippen LogP contribution in [0.5, 0.6) is 11.5 Å². The Bertz CT molecular complexity index is 1860. The van der Waals surface area contributed by atoms with Crippen LogP contribution in [0.15, 0.2) is 36.5 Å². The predicted molar refractivity (Wildman–Crippen MR) is 143 cm³/mol. The van der Waals surface area contributed by atoms with E-state index in [4.69, 9.17) is 16.3 Å². The molecule has 0 saturated carbocycles. The summed E-state index contributed by atoms with van der Waals surface area (Å²) < 4.78 is 95.3. The number of anilines is 2. The van der Waals surface area contributed by atoms with Gasteiger partial charge in [-0.05, 0) is 32.0 Å². The number of rotatable bonds is 7. The maximum Gasteiger partial charge on any atom is 0.433 e. The molecule has 2 N–H and O–H groups in total. The number of alkyl halides is 3. The highest BCUT2D eigenvalue weighted by Crippen LogP contribution is 2.36. The molecule has 0 spiro atoms. The molecule has 9 nitrogen and oxygen atoms in total. The van der Waals surface area contributed by atoms with Gasteiger partial charge in [0.2, 0.25) is 5.95 Å². The van der Waals surface area contributed by atoms with Crippen molar-refractivity contribution in [2.24, 2.45) is 7.05 Å². The van der Waals surface area contributed by atoms with E-state index in [0.29, 0.717) is 11.0 Å². The Morgan fingerprint density at radius 2 is 1.79 bits per heavy atom. The molecule has 0 aliphatic heterocycles. The minimum Gasteiger partial charge on any atom is -0.461 e. The lowest BCUT2D eigenvalue weighted by Gasteiger charge is -2.12. The van der Waals surface area contributed by atoms with Gasteiger partial charge < -0.3 is 24.3 Å². The fraction of sp³-hybridized carbons (Fsp3) is 0.185. The van der Waals surface area contributed by atoms with E-state index in [1.165, 1.54) is 35.9 Å². The molecule has 0 atom stereocenters. The zero-order valence-electron chi connectivity index (χ0n) is 22.3. The SMILES string of the molecule is CCOC(=O)c1nc(-c2cc(Oc3ccc4c(c3)nc(Nc3c(F)c(C)c(F)c(F)c3Cl)n4C)ccn2)[nH]c1C(F)(F)F. The van der Waals surface area contributed by atoms with Crippen LogP contribution in [-0.4, -0.2) is 37.1 Å². The number of aromatic nitrogens is 5. The number of aryl methyl sites for hydroxylation is 1. The largest absolute Gasteiger partial charge is 0.461 e.